The predicted octanol–water partition coefficient (Wildman–Crippen LogP) is 5.88. The lowest BCUT2D eigenvalue weighted by Crippen LogP contribution is -2.13. The van der Waals surface area contributed by atoms with Gasteiger partial charge >= 0.3 is 6.18 Å². The minimum absolute atomic E-state index is 0.0624. The number of amides is 1. The molecule has 0 atom stereocenters. The third-order valence-corrected chi connectivity index (χ3v) is 5.06. The van der Waals surface area contributed by atoms with Gasteiger partial charge in [-0.15, -0.1) is 0 Å². The first-order chi connectivity index (χ1) is 15.3. The first kappa shape index (κ1) is 21.3. The van der Waals surface area contributed by atoms with E-state index in [9.17, 15) is 18.0 Å². The van der Waals surface area contributed by atoms with Crippen LogP contribution in [0.3, 0.4) is 0 Å². The molecule has 0 unspecified atom stereocenters. The number of ether oxygens (including phenoxy) is 1. The highest BCUT2D eigenvalue weighted by Gasteiger charge is 2.30. The number of anilines is 1. The first-order valence-corrected chi connectivity index (χ1v) is 9.63. The summed E-state index contributed by atoms with van der Waals surface area (Å²) in [5.41, 5.74) is 2.65. The van der Waals surface area contributed by atoms with Gasteiger partial charge in [-0.25, -0.2) is 9.97 Å². The number of rotatable bonds is 4. The Bertz CT molecular complexity index is 1320. The number of benzene rings is 3. The van der Waals surface area contributed by atoms with Crippen molar-refractivity contribution in [3.8, 4) is 16.9 Å². The van der Waals surface area contributed by atoms with Crippen LogP contribution in [0.25, 0.3) is 22.0 Å². The second kappa shape index (κ2) is 8.30. The molecule has 0 aliphatic rings. The van der Waals surface area contributed by atoms with E-state index >= 15 is 0 Å². The number of nitrogens with one attached hydrogen (secondary N) is 1. The highest BCUT2D eigenvalue weighted by molar-refractivity contribution is 6.05. The van der Waals surface area contributed by atoms with Gasteiger partial charge in [-0.1, -0.05) is 12.1 Å². The van der Waals surface area contributed by atoms with Gasteiger partial charge in [0, 0.05) is 34.5 Å². The van der Waals surface area contributed by atoms with Crippen LogP contribution >= 0.6 is 0 Å². The van der Waals surface area contributed by atoms with Crippen molar-refractivity contribution in [1.82, 2.24) is 9.97 Å². The Hall–Kier alpha value is -3.94. The zero-order valence-corrected chi connectivity index (χ0v) is 17.2. The van der Waals surface area contributed by atoms with Crippen molar-refractivity contribution in [3.05, 3.63) is 83.8 Å². The molecule has 0 fully saturated rings. The Morgan fingerprint density at radius 2 is 1.84 bits per heavy atom. The molecule has 3 aromatic carbocycles. The molecule has 1 amide bonds. The van der Waals surface area contributed by atoms with Crippen molar-refractivity contribution in [2.24, 2.45) is 0 Å². The molecule has 32 heavy (non-hydrogen) atoms. The summed E-state index contributed by atoms with van der Waals surface area (Å²) in [6.07, 6.45) is -1.36. The van der Waals surface area contributed by atoms with Gasteiger partial charge < -0.3 is 10.1 Å². The van der Waals surface area contributed by atoms with E-state index in [1.165, 1.54) is 18.5 Å². The fraction of sp³-hybridized carbons (Fsp3) is 0.125. The van der Waals surface area contributed by atoms with Crippen LogP contribution in [0.4, 0.5) is 18.9 Å². The second-order valence-electron chi connectivity index (χ2n) is 7.20. The Kier molecular flexibility index (Phi) is 5.52. The number of methoxy groups -OCH3 is 1. The molecule has 1 heterocycles. The average Bonchev–Trinajstić information content (AvgIpc) is 2.78. The van der Waals surface area contributed by atoms with Crippen molar-refractivity contribution in [2.45, 2.75) is 13.1 Å². The third kappa shape index (κ3) is 4.25. The molecule has 0 radical (unpaired) electrons. The summed E-state index contributed by atoms with van der Waals surface area (Å²) in [6.45, 7) is 1.90. The number of carbonyl (C=O) groups excluding carboxylic acids is 1. The summed E-state index contributed by atoms with van der Waals surface area (Å²) in [7, 11) is 1.55. The Labute approximate surface area is 181 Å². The number of carbonyl (C=O) groups is 1. The third-order valence-electron chi connectivity index (χ3n) is 5.06. The quantitative estimate of drug-likeness (QED) is 0.433. The monoisotopic (exact) mass is 437 g/mol. The van der Waals surface area contributed by atoms with Crippen LogP contribution in [0, 0.1) is 6.92 Å². The first-order valence-electron chi connectivity index (χ1n) is 9.63. The van der Waals surface area contributed by atoms with Gasteiger partial charge in [0.2, 0.25) is 0 Å². The normalized spacial score (nSPS) is 11.4. The molecule has 4 aromatic rings. The fourth-order valence-electron chi connectivity index (χ4n) is 3.42. The summed E-state index contributed by atoms with van der Waals surface area (Å²) in [5, 5.41) is 3.34. The Morgan fingerprint density at radius 1 is 1.03 bits per heavy atom. The van der Waals surface area contributed by atoms with Gasteiger partial charge in [-0.3, -0.25) is 4.79 Å². The molecule has 0 aliphatic heterocycles. The SMILES string of the molecule is COc1cc2ncncc2cc1-c1cc(C(=O)Nc2cccc(C(F)(F)F)c2)ccc1C. The van der Waals surface area contributed by atoms with E-state index < -0.39 is 17.6 Å². The molecule has 8 heteroatoms. The molecular formula is C24H18F3N3O2. The van der Waals surface area contributed by atoms with Crippen molar-refractivity contribution >= 4 is 22.5 Å². The average molecular weight is 437 g/mol. The summed E-state index contributed by atoms with van der Waals surface area (Å²) in [5.74, 6) is 0.0587. The number of aromatic nitrogens is 2. The molecule has 0 saturated heterocycles. The molecule has 0 saturated carbocycles. The van der Waals surface area contributed by atoms with E-state index in [1.807, 2.05) is 13.0 Å². The van der Waals surface area contributed by atoms with E-state index in [2.05, 4.69) is 15.3 Å². The minimum atomic E-state index is -4.49. The van der Waals surface area contributed by atoms with E-state index in [0.717, 1.165) is 39.7 Å². The second-order valence-corrected chi connectivity index (χ2v) is 7.20. The number of hydrogen-bond donors (Lipinski definition) is 1. The molecule has 4 rings (SSSR count). The van der Waals surface area contributed by atoms with Crippen LogP contribution in [0.1, 0.15) is 21.5 Å². The number of halogens is 3. The number of aryl methyl sites for hydroxylation is 1. The number of hydrogen-bond acceptors (Lipinski definition) is 4. The van der Waals surface area contributed by atoms with Gasteiger partial charge in [0.05, 0.1) is 18.2 Å². The maximum Gasteiger partial charge on any atom is 0.416 e. The van der Waals surface area contributed by atoms with Gasteiger partial charge in [0.25, 0.3) is 5.91 Å². The summed E-state index contributed by atoms with van der Waals surface area (Å²) in [4.78, 5) is 21.1. The maximum atomic E-state index is 13.0. The van der Waals surface area contributed by atoms with Gasteiger partial charge in [0.1, 0.15) is 12.1 Å². The molecule has 1 aromatic heterocycles. The molecule has 162 valence electrons. The van der Waals surface area contributed by atoms with Crippen LogP contribution in [0.2, 0.25) is 0 Å². The molecule has 5 nitrogen and oxygen atoms in total. The maximum absolute atomic E-state index is 13.0. The number of nitrogens with zero attached hydrogens (tertiary/aromatic N) is 2. The van der Waals surface area contributed by atoms with E-state index in [4.69, 9.17) is 4.74 Å². The van der Waals surface area contributed by atoms with E-state index in [-0.39, 0.29) is 5.69 Å². The van der Waals surface area contributed by atoms with Crippen molar-refractivity contribution in [3.63, 3.8) is 0 Å². The Morgan fingerprint density at radius 3 is 2.59 bits per heavy atom. The highest BCUT2D eigenvalue weighted by atomic mass is 19.4. The standard InChI is InChI=1S/C24H18F3N3O2/c1-14-6-7-15(23(31)30-18-5-3-4-17(10-18)24(25,26)27)8-19(14)20-9-16-12-28-13-29-21(16)11-22(20)32-2/h3-13H,1-2H3,(H,30,31). The molecule has 1 N–H and O–H groups in total. The van der Waals surface area contributed by atoms with Crippen molar-refractivity contribution in [2.75, 3.05) is 12.4 Å². The molecular weight excluding hydrogens is 419 g/mol. The number of fused-ring (bicyclic) bond motifs is 1. The van der Waals surface area contributed by atoms with Gasteiger partial charge in [-0.2, -0.15) is 13.2 Å². The zero-order valence-electron chi connectivity index (χ0n) is 17.2. The van der Waals surface area contributed by atoms with Crippen LogP contribution in [-0.4, -0.2) is 23.0 Å². The van der Waals surface area contributed by atoms with Crippen LogP contribution < -0.4 is 10.1 Å². The van der Waals surface area contributed by atoms with Crippen molar-refractivity contribution < 1.29 is 22.7 Å². The predicted molar refractivity (Wildman–Crippen MR) is 116 cm³/mol. The van der Waals surface area contributed by atoms with Crippen LogP contribution in [0.15, 0.2) is 67.1 Å². The van der Waals surface area contributed by atoms with E-state index in [0.29, 0.717) is 11.3 Å². The molecule has 0 aliphatic carbocycles. The number of alkyl halides is 3. The Balaban J connectivity index is 1.71. The van der Waals surface area contributed by atoms with E-state index in [1.54, 1.807) is 37.6 Å². The lowest BCUT2D eigenvalue weighted by molar-refractivity contribution is -0.137. The molecule has 0 spiro atoms. The topological polar surface area (TPSA) is 64.1 Å². The summed E-state index contributed by atoms with van der Waals surface area (Å²) in [6, 6.07) is 13.3. The van der Waals surface area contributed by atoms with Crippen LogP contribution in [0.5, 0.6) is 5.75 Å². The molecule has 0 bridgehead atoms. The highest BCUT2D eigenvalue weighted by Crippen LogP contribution is 2.36. The fourth-order valence-corrected chi connectivity index (χ4v) is 3.42. The largest absolute Gasteiger partial charge is 0.496 e. The summed E-state index contributed by atoms with van der Waals surface area (Å²) < 4.78 is 44.4. The van der Waals surface area contributed by atoms with Crippen LogP contribution in [-0.2, 0) is 6.18 Å². The van der Waals surface area contributed by atoms with Gasteiger partial charge in [0.15, 0.2) is 0 Å². The lowest BCUT2D eigenvalue weighted by Gasteiger charge is -2.14. The van der Waals surface area contributed by atoms with Crippen molar-refractivity contribution in [1.29, 1.82) is 0 Å². The zero-order chi connectivity index (χ0) is 22.9. The lowest BCUT2D eigenvalue weighted by atomic mass is 9.96. The summed E-state index contributed by atoms with van der Waals surface area (Å²) >= 11 is 0. The van der Waals surface area contributed by atoms with Gasteiger partial charge in [-0.05, 0) is 54.4 Å². The smallest absolute Gasteiger partial charge is 0.416 e. The minimum Gasteiger partial charge on any atom is -0.496 e.